The number of rotatable bonds is 11. The third-order valence-corrected chi connectivity index (χ3v) is 9.06. The highest BCUT2D eigenvalue weighted by atomic mass is 35.5. The van der Waals surface area contributed by atoms with Gasteiger partial charge in [-0.2, -0.15) is 4.98 Å². The highest BCUT2D eigenvalue weighted by Crippen LogP contribution is 2.48. The third-order valence-electron chi connectivity index (χ3n) is 7.97. The number of carbonyl (C=O) groups is 1. The lowest BCUT2D eigenvalue weighted by molar-refractivity contribution is -0.160. The van der Waals surface area contributed by atoms with E-state index in [4.69, 9.17) is 25.8 Å². The molecule has 4 heterocycles. The molecule has 0 bridgehead atoms. The molecular formula is C31H35ClFN5O4S. The van der Waals surface area contributed by atoms with Crippen molar-refractivity contribution in [1.29, 1.82) is 0 Å². The van der Waals surface area contributed by atoms with Crippen LogP contribution in [-0.4, -0.2) is 64.9 Å². The van der Waals surface area contributed by atoms with Crippen LogP contribution in [0.2, 0.25) is 5.28 Å². The van der Waals surface area contributed by atoms with Crippen LogP contribution in [0.1, 0.15) is 38.3 Å². The van der Waals surface area contributed by atoms with E-state index >= 15 is 0 Å². The summed E-state index contributed by atoms with van der Waals surface area (Å²) in [6, 6.07) is 10.4. The molecule has 1 aliphatic carbocycles. The molecule has 0 radical (unpaired) electrons. The molecule has 1 aromatic carbocycles. The fourth-order valence-electron chi connectivity index (χ4n) is 6.08. The van der Waals surface area contributed by atoms with Gasteiger partial charge in [-0.3, -0.25) is 0 Å². The minimum Gasteiger partial charge on any atom is -0.450 e. The van der Waals surface area contributed by atoms with E-state index in [-0.39, 0.29) is 35.3 Å². The maximum Gasteiger partial charge on any atom is 0.407 e. The Morgan fingerprint density at radius 2 is 2.02 bits per heavy atom. The van der Waals surface area contributed by atoms with Crippen molar-refractivity contribution in [2.75, 3.05) is 26.2 Å². The molecule has 3 aromatic heterocycles. The van der Waals surface area contributed by atoms with Crippen LogP contribution in [0, 0.1) is 11.7 Å². The average molecular weight is 628 g/mol. The van der Waals surface area contributed by atoms with Gasteiger partial charge in [-0.1, -0.05) is 18.2 Å². The van der Waals surface area contributed by atoms with Crippen LogP contribution in [0.4, 0.5) is 9.18 Å². The molecule has 2 fully saturated rings. The number of benzene rings is 1. The number of nitrogens with one attached hydrogen (secondary N) is 2. The number of alkyl carbamates (subject to hydrolysis) is 1. The minimum absolute atomic E-state index is 0.0164. The first-order valence-electron chi connectivity index (χ1n) is 14.6. The van der Waals surface area contributed by atoms with E-state index in [2.05, 4.69) is 42.8 Å². The fraction of sp³-hybridized carbons (Fsp3) is 0.452. The van der Waals surface area contributed by atoms with Gasteiger partial charge in [-0.25, -0.2) is 14.2 Å². The van der Waals surface area contributed by atoms with Crippen LogP contribution in [0.15, 0.2) is 54.2 Å². The van der Waals surface area contributed by atoms with Crippen molar-refractivity contribution >= 4 is 40.1 Å². The first kappa shape index (κ1) is 30.0. The summed E-state index contributed by atoms with van der Waals surface area (Å²) in [5.74, 6) is -0.743. The molecule has 12 heteroatoms. The van der Waals surface area contributed by atoms with E-state index in [1.165, 1.54) is 12.1 Å². The molecule has 43 heavy (non-hydrogen) atoms. The summed E-state index contributed by atoms with van der Waals surface area (Å²) in [6.45, 7) is 6.09. The molecule has 0 spiro atoms. The average Bonchev–Trinajstić information content (AvgIpc) is 3.75. The van der Waals surface area contributed by atoms with Gasteiger partial charge in [0, 0.05) is 47.2 Å². The molecule has 1 saturated carbocycles. The number of hydrogen-bond donors (Lipinski definition) is 2. The van der Waals surface area contributed by atoms with E-state index in [9.17, 15) is 9.18 Å². The molecule has 2 aliphatic rings. The topological polar surface area (TPSA) is 99.5 Å². The van der Waals surface area contributed by atoms with Crippen molar-refractivity contribution in [3.05, 3.63) is 70.8 Å². The summed E-state index contributed by atoms with van der Waals surface area (Å²) in [5, 5.41) is 9.50. The van der Waals surface area contributed by atoms with Crippen LogP contribution in [0.3, 0.4) is 0 Å². The molecule has 1 amide bonds. The molecule has 4 atom stereocenters. The molecule has 4 aromatic rings. The fourth-order valence-corrected chi connectivity index (χ4v) is 6.96. The van der Waals surface area contributed by atoms with Crippen molar-refractivity contribution in [3.8, 4) is 10.4 Å². The van der Waals surface area contributed by atoms with Crippen LogP contribution >= 0.6 is 22.9 Å². The zero-order chi connectivity index (χ0) is 30.0. The van der Waals surface area contributed by atoms with E-state index in [1.807, 2.05) is 19.9 Å². The molecular weight excluding hydrogens is 593 g/mol. The number of aromatic nitrogens is 3. The largest absolute Gasteiger partial charge is 0.450 e. The second-order valence-electron chi connectivity index (χ2n) is 11.4. The van der Waals surface area contributed by atoms with Crippen molar-refractivity contribution in [2.45, 2.75) is 57.1 Å². The lowest BCUT2D eigenvalue weighted by atomic mass is 10.1. The quantitative estimate of drug-likeness (QED) is 0.156. The Hall–Kier alpha value is -3.09. The van der Waals surface area contributed by atoms with Crippen LogP contribution in [-0.2, 0) is 20.6 Å². The zero-order valence-corrected chi connectivity index (χ0v) is 25.7. The summed E-state index contributed by atoms with van der Waals surface area (Å²) in [4.78, 5) is 22.0. The van der Waals surface area contributed by atoms with Gasteiger partial charge in [0.15, 0.2) is 5.79 Å². The Balaban J connectivity index is 1.03. The number of ether oxygens (including phenoxy) is 3. The van der Waals surface area contributed by atoms with Crippen LogP contribution in [0.25, 0.3) is 21.5 Å². The Morgan fingerprint density at radius 1 is 1.21 bits per heavy atom. The van der Waals surface area contributed by atoms with Crippen LogP contribution < -0.4 is 10.6 Å². The molecule has 0 unspecified atom stereocenters. The normalized spacial score (nSPS) is 22.6. The number of carbonyl (C=O) groups excluding carboxylic acids is 1. The number of thiophene rings is 1. The summed E-state index contributed by atoms with van der Waals surface area (Å²) >= 11 is 7.93. The lowest BCUT2D eigenvalue weighted by Crippen LogP contribution is -2.33. The van der Waals surface area contributed by atoms with Gasteiger partial charge in [-0.05, 0) is 80.4 Å². The number of amides is 1. The van der Waals surface area contributed by atoms with Gasteiger partial charge in [0.2, 0.25) is 5.28 Å². The maximum atomic E-state index is 13.0. The smallest absolute Gasteiger partial charge is 0.407 e. The Morgan fingerprint density at radius 3 is 2.81 bits per heavy atom. The Kier molecular flexibility index (Phi) is 8.97. The van der Waals surface area contributed by atoms with Gasteiger partial charge in [-0.15, -0.1) is 11.3 Å². The molecule has 9 nitrogen and oxygen atoms in total. The predicted molar refractivity (Wildman–Crippen MR) is 164 cm³/mol. The highest BCUT2D eigenvalue weighted by Gasteiger charge is 2.54. The lowest BCUT2D eigenvalue weighted by Gasteiger charge is -2.24. The minimum atomic E-state index is -0.684. The van der Waals surface area contributed by atoms with Crippen molar-refractivity contribution in [3.63, 3.8) is 0 Å². The molecule has 1 aliphatic heterocycles. The number of halogens is 2. The molecule has 6 rings (SSSR count). The molecule has 1 saturated heterocycles. The van der Waals surface area contributed by atoms with E-state index in [1.54, 1.807) is 29.7 Å². The predicted octanol–water partition coefficient (Wildman–Crippen LogP) is 5.98. The van der Waals surface area contributed by atoms with E-state index < -0.39 is 11.9 Å². The van der Waals surface area contributed by atoms with Crippen molar-refractivity contribution in [1.82, 2.24) is 25.2 Å². The molecule has 2 N–H and O–H groups in total. The van der Waals surface area contributed by atoms with Gasteiger partial charge >= 0.3 is 6.09 Å². The third kappa shape index (κ3) is 6.86. The Labute approximate surface area is 258 Å². The van der Waals surface area contributed by atoms with Crippen molar-refractivity contribution in [2.24, 2.45) is 5.92 Å². The SMILES string of the molecule is CC1(C)O[C@@H]2[C@@H](CNCCCOC(=O)NCCc3ccc(F)cc3)C[C@@H](n3cc(-c4cccs4)c4cnc(Cl)nc43)[C@@H]2O1. The summed E-state index contributed by atoms with van der Waals surface area (Å²) in [6.07, 6.45) is 5.42. The Bertz CT molecular complexity index is 1550. The van der Waals surface area contributed by atoms with Gasteiger partial charge < -0.3 is 29.4 Å². The van der Waals surface area contributed by atoms with Gasteiger partial charge in [0.1, 0.15) is 17.6 Å². The number of fused-ring (bicyclic) bond motifs is 2. The second kappa shape index (κ2) is 12.9. The summed E-state index contributed by atoms with van der Waals surface area (Å²) in [7, 11) is 0. The first-order chi connectivity index (χ1) is 20.8. The van der Waals surface area contributed by atoms with E-state index in [0.717, 1.165) is 40.0 Å². The monoisotopic (exact) mass is 627 g/mol. The van der Waals surface area contributed by atoms with Crippen molar-refractivity contribution < 1.29 is 23.4 Å². The summed E-state index contributed by atoms with van der Waals surface area (Å²) in [5.41, 5.74) is 2.83. The first-order valence-corrected chi connectivity index (χ1v) is 15.8. The standard InChI is InChI=1S/C31H35ClFN5O4S/c1-31(2)41-26-20(16-34-11-4-13-40-30(39)35-12-10-19-6-8-21(33)9-7-19)15-24(27(26)42-31)38-18-23(25-5-3-14-43-25)22-17-36-29(32)37-28(22)38/h3,5-9,14,17-18,20,24,26-27,34H,4,10-13,15-16H2,1-2H3,(H,35,39)/t20-,24-,26-,27+/m1/s1. The number of nitrogens with zero attached hydrogens (tertiary/aromatic N) is 3. The van der Waals surface area contributed by atoms with E-state index in [0.29, 0.717) is 32.5 Å². The second-order valence-corrected chi connectivity index (χ2v) is 12.7. The zero-order valence-electron chi connectivity index (χ0n) is 24.1. The number of hydrogen-bond acceptors (Lipinski definition) is 8. The maximum absolute atomic E-state index is 13.0. The van der Waals surface area contributed by atoms with Gasteiger partial charge in [0.25, 0.3) is 0 Å². The highest BCUT2D eigenvalue weighted by molar-refractivity contribution is 7.13. The summed E-state index contributed by atoms with van der Waals surface area (Å²) < 4.78 is 33.4. The molecule has 228 valence electrons. The van der Waals surface area contributed by atoms with Crippen LogP contribution in [0.5, 0.6) is 0 Å². The van der Waals surface area contributed by atoms with Gasteiger partial charge in [0.05, 0.1) is 18.8 Å².